The average Bonchev–Trinajstić information content (AvgIpc) is 2.67. The Labute approximate surface area is 95.5 Å². The molecule has 1 saturated heterocycles. The van der Waals surface area contributed by atoms with Crippen molar-refractivity contribution in [2.24, 2.45) is 5.92 Å². The van der Waals surface area contributed by atoms with Gasteiger partial charge in [0.2, 0.25) is 0 Å². The summed E-state index contributed by atoms with van der Waals surface area (Å²) in [5.74, 6) is 1.76. The third-order valence-corrected chi connectivity index (χ3v) is 2.88. The van der Waals surface area contributed by atoms with E-state index in [0.29, 0.717) is 11.8 Å². The Morgan fingerprint density at radius 2 is 2.38 bits per heavy atom. The van der Waals surface area contributed by atoms with E-state index in [1.807, 2.05) is 0 Å². The van der Waals surface area contributed by atoms with Gasteiger partial charge in [0.25, 0.3) is 5.56 Å². The molecule has 4 nitrogen and oxygen atoms in total. The van der Waals surface area contributed by atoms with Gasteiger partial charge in [-0.3, -0.25) is 4.79 Å². The van der Waals surface area contributed by atoms with Gasteiger partial charge >= 0.3 is 0 Å². The Kier molecular flexibility index (Phi) is 3.39. The lowest BCUT2D eigenvalue weighted by Crippen LogP contribution is -2.18. The first kappa shape index (κ1) is 11.3. The van der Waals surface area contributed by atoms with Crippen molar-refractivity contribution in [3.63, 3.8) is 0 Å². The Morgan fingerprint density at radius 3 is 3.00 bits per heavy atom. The van der Waals surface area contributed by atoms with Crippen LogP contribution in [0.1, 0.15) is 37.7 Å². The normalized spacial score (nSPS) is 20.6. The molecule has 16 heavy (non-hydrogen) atoms. The van der Waals surface area contributed by atoms with Crippen molar-refractivity contribution >= 4 is 0 Å². The fourth-order valence-corrected chi connectivity index (χ4v) is 2.13. The van der Waals surface area contributed by atoms with E-state index in [9.17, 15) is 4.79 Å². The smallest absolute Gasteiger partial charge is 0.251 e. The van der Waals surface area contributed by atoms with Gasteiger partial charge in [0, 0.05) is 24.2 Å². The van der Waals surface area contributed by atoms with Crippen LogP contribution in [0.2, 0.25) is 0 Å². The molecule has 1 unspecified atom stereocenters. The standard InChI is InChI=1S/C12H19N3O/c1-8(2)5-10-6-11(16)15-12(14-10)9-3-4-13-7-9/h6,8-9,13H,3-5,7H2,1-2H3,(H,14,15,16). The minimum absolute atomic E-state index is 0.0208. The van der Waals surface area contributed by atoms with Gasteiger partial charge in [-0.25, -0.2) is 4.98 Å². The van der Waals surface area contributed by atoms with Crippen molar-refractivity contribution in [2.45, 2.75) is 32.6 Å². The van der Waals surface area contributed by atoms with Crippen LogP contribution in [0.15, 0.2) is 10.9 Å². The number of hydrogen-bond acceptors (Lipinski definition) is 3. The zero-order valence-electron chi connectivity index (χ0n) is 9.92. The summed E-state index contributed by atoms with van der Waals surface area (Å²) in [6.45, 7) is 6.22. The summed E-state index contributed by atoms with van der Waals surface area (Å²) in [6, 6.07) is 1.62. The lowest BCUT2D eigenvalue weighted by Gasteiger charge is -2.10. The quantitative estimate of drug-likeness (QED) is 0.802. The highest BCUT2D eigenvalue weighted by Crippen LogP contribution is 2.18. The molecule has 1 aromatic heterocycles. The molecule has 0 aliphatic carbocycles. The van der Waals surface area contributed by atoms with Crippen molar-refractivity contribution in [1.29, 1.82) is 0 Å². The summed E-state index contributed by atoms with van der Waals surface area (Å²) in [6.07, 6.45) is 1.94. The monoisotopic (exact) mass is 221 g/mol. The van der Waals surface area contributed by atoms with E-state index in [1.165, 1.54) is 0 Å². The second kappa shape index (κ2) is 4.78. The van der Waals surface area contributed by atoms with Crippen molar-refractivity contribution in [3.05, 3.63) is 27.9 Å². The number of hydrogen-bond donors (Lipinski definition) is 2. The summed E-state index contributed by atoms with van der Waals surface area (Å²) in [7, 11) is 0. The molecule has 1 aromatic rings. The minimum Gasteiger partial charge on any atom is -0.316 e. The maximum atomic E-state index is 11.5. The largest absolute Gasteiger partial charge is 0.316 e. The van der Waals surface area contributed by atoms with Crippen molar-refractivity contribution in [3.8, 4) is 0 Å². The fraction of sp³-hybridized carbons (Fsp3) is 0.667. The molecule has 2 N–H and O–H groups in total. The molecule has 0 bridgehead atoms. The van der Waals surface area contributed by atoms with E-state index in [1.54, 1.807) is 6.07 Å². The van der Waals surface area contributed by atoms with Gasteiger partial charge in [0.15, 0.2) is 0 Å². The molecular weight excluding hydrogens is 202 g/mol. The topological polar surface area (TPSA) is 57.8 Å². The number of aromatic amines is 1. The summed E-state index contributed by atoms with van der Waals surface area (Å²) in [4.78, 5) is 18.9. The second-order valence-electron chi connectivity index (χ2n) is 4.91. The SMILES string of the molecule is CC(C)Cc1cc(=O)[nH]c(C2CCNC2)n1. The van der Waals surface area contributed by atoms with E-state index in [2.05, 4.69) is 29.1 Å². The summed E-state index contributed by atoms with van der Waals surface area (Å²) in [5, 5.41) is 3.29. The minimum atomic E-state index is -0.0208. The molecule has 88 valence electrons. The molecule has 1 atom stereocenters. The van der Waals surface area contributed by atoms with Crippen LogP contribution in [0.4, 0.5) is 0 Å². The number of rotatable bonds is 3. The lowest BCUT2D eigenvalue weighted by atomic mass is 10.1. The summed E-state index contributed by atoms with van der Waals surface area (Å²) in [5.41, 5.74) is 0.896. The first-order valence-electron chi connectivity index (χ1n) is 5.96. The maximum Gasteiger partial charge on any atom is 0.251 e. The third kappa shape index (κ3) is 2.70. The first-order chi connectivity index (χ1) is 7.65. The van der Waals surface area contributed by atoms with Crippen LogP contribution in [-0.4, -0.2) is 23.1 Å². The highest BCUT2D eigenvalue weighted by Gasteiger charge is 2.19. The molecule has 0 aromatic carbocycles. The molecular formula is C12H19N3O. The molecule has 2 heterocycles. The van der Waals surface area contributed by atoms with Crippen LogP contribution in [0.25, 0.3) is 0 Å². The molecule has 1 aliphatic heterocycles. The predicted molar refractivity (Wildman–Crippen MR) is 63.6 cm³/mol. The van der Waals surface area contributed by atoms with Gasteiger partial charge in [-0.05, 0) is 25.3 Å². The molecule has 0 spiro atoms. The Morgan fingerprint density at radius 1 is 1.56 bits per heavy atom. The molecule has 0 amide bonds. The molecule has 2 rings (SSSR count). The van der Waals surface area contributed by atoms with Gasteiger partial charge in [-0.15, -0.1) is 0 Å². The van der Waals surface area contributed by atoms with Gasteiger partial charge < -0.3 is 10.3 Å². The number of H-pyrrole nitrogens is 1. The van der Waals surface area contributed by atoms with Crippen LogP contribution in [0.3, 0.4) is 0 Å². The van der Waals surface area contributed by atoms with Crippen LogP contribution in [0.5, 0.6) is 0 Å². The predicted octanol–water partition coefficient (Wildman–Crippen LogP) is 1.05. The lowest BCUT2D eigenvalue weighted by molar-refractivity contribution is 0.617. The fourth-order valence-electron chi connectivity index (χ4n) is 2.13. The first-order valence-corrected chi connectivity index (χ1v) is 5.96. The molecule has 0 saturated carbocycles. The summed E-state index contributed by atoms with van der Waals surface area (Å²) >= 11 is 0. The molecule has 0 radical (unpaired) electrons. The van der Waals surface area contributed by atoms with Gasteiger partial charge in [-0.2, -0.15) is 0 Å². The summed E-state index contributed by atoms with van der Waals surface area (Å²) < 4.78 is 0. The average molecular weight is 221 g/mol. The van der Waals surface area contributed by atoms with E-state index in [-0.39, 0.29) is 5.56 Å². The highest BCUT2D eigenvalue weighted by atomic mass is 16.1. The van der Waals surface area contributed by atoms with E-state index in [4.69, 9.17) is 0 Å². The van der Waals surface area contributed by atoms with E-state index >= 15 is 0 Å². The Balaban J connectivity index is 2.24. The van der Waals surface area contributed by atoms with Gasteiger partial charge in [0.1, 0.15) is 5.82 Å². The van der Waals surface area contributed by atoms with Crippen LogP contribution < -0.4 is 10.9 Å². The Hall–Kier alpha value is -1.16. The van der Waals surface area contributed by atoms with E-state index < -0.39 is 0 Å². The zero-order valence-corrected chi connectivity index (χ0v) is 9.92. The highest BCUT2D eigenvalue weighted by molar-refractivity contribution is 5.08. The number of nitrogens with one attached hydrogen (secondary N) is 2. The Bertz CT molecular complexity index is 405. The number of aromatic nitrogens is 2. The van der Waals surface area contributed by atoms with Crippen molar-refractivity contribution in [1.82, 2.24) is 15.3 Å². The van der Waals surface area contributed by atoms with Crippen molar-refractivity contribution < 1.29 is 0 Å². The molecule has 1 fully saturated rings. The van der Waals surface area contributed by atoms with Gasteiger partial charge in [-0.1, -0.05) is 13.8 Å². The second-order valence-corrected chi connectivity index (χ2v) is 4.91. The van der Waals surface area contributed by atoms with E-state index in [0.717, 1.165) is 37.4 Å². The van der Waals surface area contributed by atoms with Crippen LogP contribution >= 0.6 is 0 Å². The molecule has 1 aliphatic rings. The molecule has 4 heteroatoms. The van der Waals surface area contributed by atoms with Crippen LogP contribution in [0, 0.1) is 5.92 Å². The van der Waals surface area contributed by atoms with Gasteiger partial charge in [0.05, 0.1) is 0 Å². The number of nitrogens with zero attached hydrogens (tertiary/aromatic N) is 1. The zero-order chi connectivity index (χ0) is 11.5. The van der Waals surface area contributed by atoms with Crippen molar-refractivity contribution in [2.75, 3.05) is 13.1 Å². The maximum absolute atomic E-state index is 11.5. The third-order valence-electron chi connectivity index (χ3n) is 2.88. The van der Waals surface area contributed by atoms with Crippen LogP contribution in [-0.2, 0) is 6.42 Å².